The molecule has 0 spiro atoms. The summed E-state index contributed by atoms with van der Waals surface area (Å²) in [5.41, 5.74) is 7.67. The summed E-state index contributed by atoms with van der Waals surface area (Å²) in [5.74, 6) is 0. The van der Waals surface area contributed by atoms with Gasteiger partial charge >= 0.3 is 0 Å². The minimum absolute atomic E-state index is 0.172. The molecule has 8 aromatic rings. The molecule has 0 unspecified atom stereocenters. The Labute approximate surface area is 388 Å². The first-order valence-electron chi connectivity index (χ1n) is 22.0. The summed E-state index contributed by atoms with van der Waals surface area (Å²) in [6.45, 7) is 11.6. The zero-order valence-electron chi connectivity index (χ0n) is 37.6. The highest BCUT2D eigenvalue weighted by atomic mass is 79.9. The van der Waals surface area contributed by atoms with Crippen molar-refractivity contribution in [1.29, 1.82) is 0 Å². The summed E-state index contributed by atoms with van der Waals surface area (Å²) in [6.07, 6.45) is 5.20. The van der Waals surface area contributed by atoms with Gasteiger partial charge in [-0.3, -0.25) is 9.80 Å². The van der Waals surface area contributed by atoms with Crippen LogP contribution in [0.25, 0.3) is 67.4 Å². The molecule has 0 bridgehead atoms. The first-order chi connectivity index (χ1) is 31.4. The average Bonchev–Trinajstić information content (AvgIpc) is 4.11. The molecule has 10 rings (SSSR count). The fraction of sp³-hybridized carbons (Fsp3) is 0.362. The van der Waals surface area contributed by atoms with Gasteiger partial charge in [0, 0.05) is 109 Å². The van der Waals surface area contributed by atoms with Gasteiger partial charge in [-0.1, -0.05) is 60.7 Å². The van der Waals surface area contributed by atoms with Gasteiger partial charge in [0.2, 0.25) is 0 Å². The van der Waals surface area contributed by atoms with Gasteiger partial charge in [0.1, 0.15) is 27.7 Å². The van der Waals surface area contributed by atoms with Gasteiger partial charge in [0.25, 0.3) is 0 Å². The number of hydrogen-bond donors (Lipinski definition) is 0. The predicted molar refractivity (Wildman–Crippen MR) is 259 cm³/mol. The van der Waals surface area contributed by atoms with Crippen LogP contribution in [0.1, 0.15) is 0 Å². The number of fused-ring (bicyclic) bond motifs is 2. The lowest BCUT2D eigenvalue weighted by Gasteiger charge is -2.32. The molecule has 0 amide bonds. The van der Waals surface area contributed by atoms with Gasteiger partial charge in [-0.2, -0.15) is 10.2 Å². The van der Waals surface area contributed by atoms with E-state index in [1.54, 1.807) is 0 Å². The lowest BCUT2D eigenvalue weighted by molar-refractivity contribution is 0.149. The second-order valence-electron chi connectivity index (χ2n) is 17.1. The largest absolute Gasteiger partial charge is 0.349 e. The summed E-state index contributed by atoms with van der Waals surface area (Å²) >= 11 is 3.85. The zero-order chi connectivity index (χ0) is 45.2. The SMILES string of the molecule is CN1CCN(CCn2nc(-c3cccn3C)c3c(Br)c(-c4ccccc4)nnc32)CC1.CN1CCN(CCn2nc(-c3cccn3C)c3c(S(C)(=O)=O)c(-c4ccccc4)nnc32)CC1. The Kier molecular flexibility index (Phi) is 13.1. The molecule has 6 aromatic heterocycles. The molecule has 16 nitrogen and oxygen atoms in total. The van der Waals surface area contributed by atoms with E-state index in [-0.39, 0.29) is 4.90 Å². The van der Waals surface area contributed by atoms with Gasteiger partial charge in [0.15, 0.2) is 21.1 Å². The second-order valence-corrected chi connectivity index (χ2v) is 19.8. The fourth-order valence-corrected chi connectivity index (χ4v) is 10.4. The molecule has 0 aliphatic carbocycles. The molecule has 18 heteroatoms. The maximum Gasteiger partial charge on any atom is 0.182 e. The number of piperazine rings is 2. The van der Waals surface area contributed by atoms with E-state index in [9.17, 15) is 8.42 Å². The van der Waals surface area contributed by atoms with E-state index in [4.69, 9.17) is 10.2 Å². The molecule has 2 aliphatic heterocycles. The van der Waals surface area contributed by atoms with Crippen LogP contribution in [-0.4, -0.2) is 163 Å². The Balaban J connectivity index is 0.000000165. The fourth-order valence-electron chi connectivity index (χ4n) is 8.67. The van der Waals surface area contributed by atoms with Crippen LogP contribution in [0, 0.1) is 0 Å². The Morgan fingerprint density at radius 1 is 0.508 bits per heavy atom. The Morgan fingerprint density at radius 2 is 0.938 bits per heavy atom. The van der Waals surface area contributed by atoms with Crippen LogP contribution >= 0.6 is 15.9 Å². The van der Waals surface area contributed by atoms with E-state index in [1.807, 2.05) is 107 Å². The zero-order valence-corrected chi connectivity index (χ0v) is 40.0. The topological polar surface area (TPSA) is 144 Å². The quantitative estimate of drug-likeness (QED) is 0.158. The van der Waals surface area contributed by atoms with Gasteiger partial charge in [0.05, 0.1) is 39.7 Å². The standard InChI is InChI=1S/C24H29N7O2S.C23H26BrN7/c1-28-12-14-30(15-13-28)16-17-31-24-20(22(27-31)19-10-7-11-29(19)2)23(34(3,32)33)21(25-26-24)18-8-5-4-6-9-18;1-28-11-13-30(14-12-28)15-16-31-23-19(22(27-31)18-9-6-10-29(18)2)20(24)21(25-26-23)17-7-4-3-5-8-17/h4-11H,12-17H2,1-3H3;3-10H,11-16H2,1-2H3. The molecule has 2 saturated heterocycles. The van der Waals surface area contributed by atoms with Crippen LogP contribution in [0.5, 0.6) is 0 Å². The van der Waals surface area contributed by atoms with Gasteiger partial charge in [-0.05, 0) is 54.3 Å². The highest BCUT2D eigenvalue weighted by molar-refractivity contribution is 9.10. The van der Waals surface area contributed by atoms with Gasteiger partial charge in [-0.25, -0.2) is 17.8 Å². The number of halogens is 1. The predicted octanol–water partition coefficient (Wildman–Crippen LogP) is 5.66. The molecule has 0 atom stereocenters. The van der Waals surface area contributed by atoms with Crippen molar-refractivity contribution in [3.05, 3.63) is 102 Å². The van der Waals surface area contributed by atoms with Crippen molar-refractivity contribution in [3.63, 3.8) is 0 Å². The van der Waals surface area contributed by atoms with Crippen LogP contribution in [0.15, 0.2) is 107 Å². The van der Waals surface area contributed by atoms with E-state index in [1.165, 1.54) is 6.26 Å². The number of benzene rings is 2. The van der Waals surface area contributed by atoms with Crippen molar-refractivity contribution >= 4 is 47.8 Å². The maximum atomic E-state index is 13.2. The number of aryl methyl sites for hydroxylation is 2. The Bertz CT molecular complexity index is 3020. The van der Waals surface area contributed by atoms with E-state index < -0.39 is 9.84 Å². The molecule has 8 heterocycles. The van der Waals surface area contributed by atoms with E-state index in [0.717, 1.165) is 116 Å². The van der Waals surface area contributed by atoms with Crippen molar-refractivity contribution < 1.29 is 8.42 Å². The molecular weight excluding hydrogens is 905 g/mol. The second kappa shape index (κ2) is 19.1. The molecule has 0 saturated carbocycles. The van der Waals surface area contributed by atoms with Crippen LogP contribution < -0.4 is 0 Å². The van der Waals surface area contributed by atoms with E-state index in [2.05, 4.69) is 92.8 Å². The number of nitrogens with zero attached hydrogens (tertiary/aromatic N) is 14. The van der Waals surface area contributed by atoms with Gasteiger partial charge in [-0.15, -0.1) is 20.4 Å². The average molecular weight is 960 g/mol. The molecule has 65 heavy (non-hydrogen) atoms. The summed E-state index contributed by atoms with van der Waals surface area (Å²) in [7, 11) is 4.65. The van der Waals surface area contributed by atoms with Crippen molar-refractivity contribution in [3.8, 4) is 45.3 Å². The van der Waals surface area contributed by atoms with Crippen LogP contribution in [-0.2, 0) is 37.0 Å². The summed E-state index contributed by atoms with van der Waals surface area (Å²) in [5, 5.41) is 29.6. The Morgan fingerprint density at radius 3 is 1.38 bits per heavy atom. The number of rotatable bonds is 11. The molecule has 2 aliphatic rings. The lowest BCUT2D eigenvalue weighted by Crippen LogP contribution is -2.45. The number of hydrogen-bond acceptors (Lipinski definition) is 12. The van der Waals surface area contributed by atoms with Gasteiger partial charge < -0.3 is 18.9 Å². The number of sulfone groups is 1. The van der Waals surface area contributed by atoms with E-state index >= 15 is 0 Å². The molecule has 0 N–H and O–H groups in total. The van der Waals surface area contributed by atoms with Crippen molar-refractivity contribution in [2.45, 2.75) is 18.0 Å². The minimum Gasteiger partial charge on any atom is -0.349 e. The number of likely N-dealkylation sites (N-methyl/N-ethyl adjacent to an activating group) is 2. The van der Waals surface area contributed by atoms with Crippen LogP contribution in [0.2, 0.25) is 0 Å². The maximum absolute atomic E-state index is 13.2. The molecule has 338 valence electrons. The third-order valence-electron chi connectivity index (χ3n) is 12.5. The minimum atomic E-state index is -3.64. The summed E-state index contributed by atoms with van der Waals surface area (Å²) < 4.78 is 35.1. The molecule has 0 radical (unpaired) electrons. The highest BCUT2D eigenvalue weighted by Crippen LogP contribution is 2.39. The van der Waals surface area contributed by atoms with E-state index in [0.29, 0.717) is 34.5 Å². The first kappa shape index (κ1) is 44.6. The van der Waals surface area contributed by atoms with Crippen LogP contribution in [0.3, 0.4) is 0 Å². The lowest BCUT2D eigenvalue weighted by atomic mass is 10.1. The van der Waals surface area contributed by atoms with Crippen LogP contribution in [0.4, 0.5) is 0 Å². The highest BCUT2D eigenvalue weighted by Gasteiger charge is 2.29. The molecule has 2 fully saturated rings. The summed E-state index contributed by atoms with van der Waals surface area (Å²) in [6, 6.07) is 27.5. The Hall–Kier alpha value is -5.63. The van der Waals surface area contributed by atoms with Crippen molar-refractivity contribution in [2.24, 2.45) is 14.1 Å². The third-order valence-corrected chi connectivity index (χ3v) is 14.4. The van der Waals surface area contributed by atoms with Crippen molar-refractivity contribution in [1.82, 2.24) is 68.7 Å². The normalized spacial score (nSPS) is 15.8. The van der Waals surface area contributed by atoms with Crippen molar-refractivity contribution in [2.75, 3.05) is 85.8 Å². The summed E-state index contributed by atoms with van der Waals surface area (Å²) in [4.78, 5) is 9.77. The number of aromatic nitrogens is 10. The third kappa shape index (κ3) is 9.41. The molecule has 2 aromatic carbocycles. The first-order valence-corrected chi connectivity index (χ1v) is 24.7. The molecular formula is C47H55BrN14O2S. The monoisotopic (exact) mass is 958 g/mol. The smallest absolute Gasteiger partial charge is 0.182 e.